The van der Waals surface area contributed by atoms with Crippen molar-refractivity contribution in [2.45, 2.75) is 64.4 Å². The van der Waals surface area contributed by atoms with Gasteiger partial charge in [-0.05, 0) is 93.8 Å². The van der Waals surface area contributed by atoms with Gasteiger partial charge < -0.3 is 14.0 Å². The van der Waals surface area contributed by atoms with Crippen LogP contribution >= 0.6 is 0 Å². The van der Waals surface area contributed by atoms with Gasteiger partial charge in [-0.1, -0.05) is 23.4 Å². The van der Waals surface area contributed by atoms with E-state index in [0.29, 0.717) is 48.6 Å². The summed E-state index contributed by atoms with van der Waals surface area (Å²) in [6, 6.07) is 25.8. The molecule has 2 atom stereocenters. The van der Waals surface area contributed by atoms with Gasteiger partial charge in [-0.15, -0.1) is 0 Å². The minimum Gasteiger partial charge on any atom is -0.497 e. The summed E-state index contributed by atoms with van der Waals surface area (Å²) in [5.74, 6) is 1.80. The Morgan fingerprint density at radius 2 is 1.80 bits per heavy atom. The Bertz CT molecular complexity index is 1780. The molecule has 1 aromatic heterocycles. The van der Waals surface area contributed by atoms with Crippen molar-refractivity contribution < 1.29 is 23.6 Å². The number of carbonyl (C=O) groups excluding carboxylic acids is 2. The zero-order chi connectivity index (χ0) is 32.4. The van der Waals surface area contributed by atoms with Crippen molar-refractivity contribution in [3.8, 4) is 28.9 Å². The molecule has 0 radical (unpaired) electrons. The Morgan fingerprint density at radius 1 is 1.02 bits per heavy atom. The van der Waals surface area contributed by atoms with Gasteiger partial charge >= 0.3 is 6.03 Å². The predicted octanol–water partition coefficient (Wildman–Crippen LogP) is 6.40. The fourth-order valence-electron chi connectivity index (χ4n) is 6.51. The third-order valence-electron chi connectivity index (χ3n) is 8.71. The number of ether oxygens (including phenoxy) is 2. The molecule has 0 aliphatic carbocycles. The number of anilines is 1. The summed E-state index contributed by atoms with van der Waals surface area (Å²) in [5, 5.41) is 13.8. The lowest BCUT2D eigenvalue weighted by Crippen LogP contribution is -2.59. The Hall–Kier alpha value is -5.14. The van der Waals surface area contributed by atoms with Gasteiger partial charge in [0.2, 0.25) is 0 Å². The van der Waals surface area contributed by atoms with Crippen molar-refractivity contribution >= 4 is 17.6 Å². The number of hydrogen-bond acceptors (Lipinski definition) is 8. The molecule has 2 aliphatic rings. The first-order chi connectivity index (χ1) is 22.2. The number of urea groups is 1. The molecule has 10 nitrogen and oxygen atoms in total. The van der Waals surface area contributed by atoms with E-state index in [2.05, 4.69) is 35.2 Å². The van der Waals surface area contributed by atoms with Crippen LogP contribution in [-0.4, -0.2) is 58.2 Å². The molecule has 2 aliphatic heterocycles. The number of amides is 3. The van der Waals surface area contributed by atoms with E-state index in [1.807, 2.05) is 50.2 Å². The van der Waals surface area contributed by atoms with Gasteiger partial charge in [0, 0.05) is 36.4 Å². The minimum absolute atomic E-state index is 0.0181. The Morgan fingerprint density at radius 3 is 2.52 bits per heavy atom. The second-order valence-electron chi connectivity index (χ2n) is 12.2. The van der Waals surface area contributed by atoms with Crippen molar-refractivity contribution in [2.24, 2.45) is 0 Å². The number of rotatable bonds is 9. The Balaban J connectivity index is 1.27. The monoisotopic (exact) mass is 619 g/mol. The first-order valence-electron chi connectivity index (χ1n) is 15.5. The predicted molar refractivity (Wildman–Crippen MR) is 172 cm³/mol. The molecule has 4 aromatic rings. The van der Waals surface area contributed by atoms with Crippen LogP contribution in [0, 0.1) is 11.3 Å². The van der Waals surface area contributed by atoms with Crippen LogP contribution in [0.4, 0.5) is 10.5 Å². The van der Waals surface area contributed by atoms with Crippen molar-refractivity contribution in [1.82, 2.24) is 15.0 Å². The zero-order valence-corrected chi connectivity index (χ0v) is 26.5. The smallest absolute Gasteiger partial charge is 0.332 e. The van der Waals surface area contributed by atoms with E-state index in [1.54, 1.807) is 42.3 Å². The molecule has 3 aromatic carbocycles. The fourth-order valence-corrected chi connectivity index (χ4v) is 6.51. The van der Waals surface area contributed by atoms with Gasteiger partial charge in [-0.2, -0.15) is 5.26 Å². The molecule has 0 bridgehead atoms. The quantitative estimate of drug-likeness (QED) is 0.198. The molecule has 46 heavy (non-hydrogen) atoms. The van der Waals surface area contributed by atoms with Gasteiger partial charge in [0.15, 0.2) is 5.76 Å². The average Bonchev–Trinajstić information content (AvgIpc) is 3.60. The lowest BCUT2D eigenvalue weighted by Gasteiger charge is -2.45. The normalized spacial score (nSPS) is 20.0. The standard InChI is InChI=1S/C36H37N5O5/c1-24(2)45-32-10-6-8-27(18-32)22-39-16-15-36(20-25(39)3)34(42)40(35(43)41(36)30-9-5-7-26(17-30)21-37)23-29-19-33(46-38-29)28-11-13-31(44-4)14-12-28/h5-14,17-19,24-25H,15-16,20,22-23H2,1-4H3. The minimum atomic E-state index is -1.10. The number of imide groups is 1. The van der Waals surface area contributed by atoms with Crippen molar-refractivity contribution in [1.29, 1.82) is 5.26 Å². The number of piperidine rings is 1. The summed E-state index contributed by atoms with van der Waals surface area (Å²) >= 11 is 0. The van der Waals surface area contributed by atoms with Gasteiger partial charge in [0.25, 0.3) is 5.91 Å². The maximum absolute atomic E-state index is 14.4. The third-order valence-corrected chi connectivity index (χ3v) is 8.71. The number of hydrogen-bond donors (Lipinski definition) is 0. The summed E-state index contributed by atoms with van der Waals surface area (Å²) in [6.07, 6.45) is 0.950. The molecular weight excluding hydrogens is 582 g/mol. The van der Waals surface area contributed by atoms with Crippen molar-refractivity contribution in [3.05, 3.63) is 95.7 Å². The lowest BCUT2D eigenvalue weighted by atomic mass is 9.81. The van der Waals surface area contributed by atoms with Crippen LogP contribution in [0.15, 0.2) is 83.4 Å². The first kappa shape index (κ1) is 30.9. The summed E-state index contributed by atoms with van der Waals surface area (Å²) in [5.41, 5.74) is 2.22. The van der Waals surface area contributed by atoms with Crippen LogP contribution in [-0.2, 0) is 17.9 Å². The average molecular weight is 620 g/mol. The molecule has 3 amide bonds. The number of nitriles is 1. The molecule has 2 fully saturated rings. The summed E-state index contributed by atoms with van der Waals surface area (Å²) in [7, 11) is 1.60. The van der Waals surface area contributed by atoms with E-state index >= 15 is 0 Å². The molecule has 10 heteroatoms. The summed E-state index contributed by atoms with van der Waals surface area (Å²) < 4.78 is 16.7. The van der Waals surface area contributed by atoms with Crippen LogP contribution in [0.2, 0.25) is 0 Å². The van der Waals surface area contributed by atoms with Crippen LogP contribution in [0.1, 0.15) is 50.4 Å². The van der Waals surface area contributed by atoms with E-state index in [0.717, 1.165) is 22.6 Å². The summed E-state index contributed by atoms with van der Waals surface area (Å²) in [6.45, 7) is 7.36. The number of methoxy groups -OCH3 is 1. The van der Waals surface area contributed by atoms with Gasteiger partial charge in [-0.3, -0.25) is 19.5 Å². The molecule has 3 heterocycles. The van der Waals surface area contributed by atoms with Crippen LogP contribution < -0.4 is 14.4 Å². The van der Waals surface area contributed by atoms with Gasteiger partial charge in [-0.25, -0.2) is 4.79 Å². The highest BCUT2D eigenvalue weighted by Gasteiger charge is 2.60. The highest BCUT2D eigenvalue weighted by Crippen LogP contribution is 2.43. The SMILES string of the molecule is COc1ccc(-c2cc(CN3C(=O)N(c4cccc(C#N)c4)C4(CCN(Cc5cccc(OC(C)C)c5)C(C)C4)C3=O)no2)cc1. The van der Waals surface area contributed by atoms with Gasteiger partial charge in [0.1, 0.15) is 22.7 Å². The number of aromatic nitrogens is 1. The third kappa shape index (κ3) is 5.94. The van der Waals surface area contributed by atoms with Crippen molar-refractivity contribution in [3.63, 3.8) is 0 Å². The largest absolute Gasteiger partial charge is 0.497 e. The van der Waals surface area contributed by atoms with E-state index in [4.69, 9.17) is 14.0 Å². The maximum atomic E-state index is 14.4. The van der Waals surface area contributed by atoms with E-state index in [-0.39, 0.29) is 24.6 Å². The summed E-state index contributed by atoms with van der Waals surface area (Å²) in [4.78, 5) is 33.8. The number of likely N-dealkylation sites (tertiary alicyclic amines) is 1. The Kier molecular flexibility index (Phi) is 8.52. The van der Waals surface area contributed by atoms with Crippen molar-refractivity contribution in [2.75, 3.05) is 18.6 Å². The van der Waals surface area contributed by atoms with E-state index < -0.39 is 11.6 Å². The molecule has 0 saturated carbocycles. The lowest BCUT2D eigenvalue weighted by molar-refractivity contribution is -0.133. The van der Waals surface area contributed by atoms with E-state index in [1.165, 1.54) is 4.90 Å². The molecular formula is C36H37N5O5. The first-order valence-corrected chi connectivity index (χ1v) is 15.5. The highest BCUT2D eigenvalue weighted by atomic mass is 16.5. The second kappa shape index (κ2) is 12.7. The van der Waals surface area contributed by atoms with Gasteiger partial charge in [0.05, 0.1) is 31.4 Å². The molecule has 1 spiro atoms. The number of nitrogens with zero attached hydrogens (tertiary/aromatic N) is 5. The molecule has 236 valence electrons. The second-order valence-corrected chi connectivity index (χ2v) is 12.2. The van der Waals surface area contributed by atoms with Crippen LogP contribution in [0.5, 0.6) is 11.5 Å². The zero-order valence-electron chi connectivity index (χ0n) is 26.5. The fraction of sp³-hybridized carbons (Fsp3) is 0.333. The molecule has 0 N–H and O–H groups in total. The number of carbonyl (C=O) groups is 2. The maximum Gasteiger partial charge on any atom is 0.332 e. The molecule has 2 saturated heterocycles. The molecule has 6 rings (SSSR count). The van der Waals surface area contributed by atoms with E-state index in [9.17, 15) is 14.9 Å². The number of benzene rings is 3. The topological polar surface area (TPSA) is 112 Å². The van der Waals surface area contributed by atoms with Crippen LogP contribution in [0.25, 0.3) is 11.3 Å². The molecule has 2 unspecified atom stereocenters. The van der Waals surface area contributed by atoms with Crippen LogP contribution in [0.3, 0.4) is 0 Å². The Labute approximate surface area is 268 Å². The highest BCUT2D eigenvalue weighted by molar-refractivity contribution is 6.17.